The van der Waals surface area contributed by atoms with Crippen molar-refractivity contribution in [2.45, 2.75) is 61.3 Å². The third-order valence-electron chi connectivity index (χ3n) is 6.91. The van der Waals surface area contributed by atoms with E-state index in [9.17, 15) is 0 Å². The molecule has 0 unspecified atom stereocenters. The van der Waals surface area contributed by atoms with Gasteiger partial charge in [0.25, 0.3) is 0 Å². The second kappa shape index (κ2) is 10.8. The molecule has 0 aromatic heterocycles. The second-order valence-electron chi connectivity index (χ2n) is 11.7. The van der Waals surface area contributed by atoms with Crippen LogP contribution >= 0.6 is 0 Å². The monoisotopic (exact) mass is 472 g/mol. The van der Waals surface area contributed by atoms with Crippen LogP contribution in [-0.4, -0.2) is 30.3 Å². The van der Waals surface area contributed by atoms with Crippen molar-refractivity contribution in [3.63, 3.8) is 0 Å². The molecule has 3 heteroatoms. The highest BCUT2D eigenvalue weighted by molar-refractivity contribution is 6.10. The molecule has 0 spiro atoms. The average molecular weight is 473 g/mol. The van der Waals surface area contributed by atoms with Gasteiger partial charge in [0.1, 0.15) is 11.6 Å². The lowest BCUT2D eigenvalue weighted by Gasteiger charge is -2.43. The first-order chi connectivity index (χ1) is 16.4. The van der Waals surface area contributed by atoms with Crippen LogP contribution in [0, 0.1) is 16.7 Å². The van der Waals surface area contributed by atoms with Gasteiger partial charge < -0.3 is 9.64 Å². The molecular formula is C32H44N2O. The maximum absolute atomic E-state index is 5.93. The summed E-state index contributed by atoms with van der Waals surface area (Å²) in [4.78, 5) is 7.58. The molecule has 0 saturated carbocycles. The molecule has 0 aliphatic carbocycles. The predicted molar refractivity (Wildman–Crippen MR) is 152 cm³/mol. The van der Waals surface area contributed by atoms with Crippen molar-refractivity contribution in [2.75, 3.05) is 19.7 Å². The lowest BCUT2D eigenvalue weighted by Crippen LogP contribution is -2.45. The highest BCUT2D eigenvalue weighted by atomic mass is 16.5. The van der Waals surface area contributed by atoms with Crippen molar-refractivity contribution < 1.29 is 4.74 Å². The van der Waals surface area contributed by atoms with Gasteiger partial charge in [0.15, 0.2) is 0 Å². The summed E-state index contributed by atoms with van der Waals surface area (Å²) in [6.07, 6.45) is 10.5. The highest BCUT2D eigenvalue weighted by Crippen LogP contribution is 2.42. The molecule has 0 bridgehead atoms. The third-order valence-corrected chi connectivity index (χ3v) is 6.91. The Hall–Kier alpha value is -2.81. The van der Waals surface area contributed by atoms with Crippen molar-refractivity contribution in [3.05, 3.63) is 83.8 Å². The van der Waals surface area contributed by atoms with Gasteiger partial charge >= 0.3 is 0 Å². The van der Waals surface area contributed by atoms with Crippen molar-refractivity contribution >= 4 is 11.8 Å². The molecule has 3 rings (SSSR count). The van der Waals surface area contributed by atoms with E-state index in [4.69, 9.17) is 9.73 Å². The van der Waals surface area contributed by atoms with Gasteiger partial charge in [-0.1, -0.05) is 76.8 Å². The normalized spacial score (nSPS) is 21.5. The molecule has 2 aliphatic rings. The number of likely N-dealkylation sites (tertiary alicyclic amines) is 1. The smallest absolute Gasteiger partial charge is 0.124 e. The standard InChI is InChI=1S/C32H44N2O/c1-10-11-12-25(4)32(9)18-17-29(34-20-23(2)21-34)33-30(32)26(5)24(3)19-27-13-15-28(16-14-27)35-22-31(6,7)8/h10-11,13-17,19,23H,4-5,12,18,20-22H2,1-3,6-9H3/b11-10+,24-19-/t32-/m0/s1. The molecule has 1 aromatic carbocycles. The van der Waals surface area contributed by atoms with Crippen LogP contribution in [0.3, 0.4) is 0 Å². The summed E-state index contributed by atoms with van der Waals surface area (Å²) in [6.45, 7) is 27.1. The van der Waals surface area contributed by atoms with Gasteiger partial charge in [0, 0.05) is 18.5 Å². The van der Waals surface area contributed by atoms with E-state index in [0.29, 0.717) is 6.61 Å². The van der Waals surface area contributed by atoms with Gasteiger partial charge in [-0.15, -0.1) is 0 Å². The van der Waals surface area contributed by atoms with Crippen LogP contribution in [-0.2, 0) is 0 Å². The van der Waals surface area contributed by atoms with Crippen LogP contribution in [0.1, 0.15) is 66.9 Å². The first-order valence-corrected chi connectivity index (χ1v) is 12.9. The Morgan fingerprint density at radius 1 is 1.20 bits per heavy atom. The summed E-state index contributed by atoms with van der Waals surface area (Å²) in [5.74, 6) is 2.72. The van der Waals surface area contributed by atoms with E-state index >= 15 is 0 Å². The Bertz CT molecular complexity index is 1060. The quantitative estimate of drug-likeness (QED) is 0.267. The minimum Gasteiger partial charge on any atom is -0.493 e. The summed E-state index contributed by atoms with van der Waals surface area (Å²) in [7, 11) is 0. The number of ether oxygens (including phenoxy) is 1. The second-order valence-corrected chi connectivity index (χ2v) is 11.7. The molecule has 3 nitrogen and oxygen atoms in total. The molecule has 0 radical (unpaired) electrons. The lowest BCUT2D eigenvalue weighted by atomic mass is 9.70. The molecule has 0 N–H and O–H groups in total. The summed E-state index contributed by atoms with van der Waals surface area (Å²) in [5, 5.41) is 0. The van der Waals surface area contributed by atoms with Gasteiger partial charge in [0.05, 0.1) is 12.3 Å². The highest BCUT2D eigenvalue weighted by Gasteiger charge is 2.38. The van der Waals surface area contributed by atoms with Crippen LogP contribution in [0.25, 0.3) is 6.08 Å². The Balaban J connectivity index is 1.84. The van der Waals surface area contributed by atoms with E-state index in [1.807, 2.05) is 12.1 Å². The van der Waals surface area contributed by atoms with Gasteiger partial charge in [-0.25, -0.2) is 4.99 Å². The zero-order valence-corrected chi connectivity index (χ0v) is 22.9. The zero-order valence-electron chi connectivity index (χ0n) is 22.9. The Labute approximate surface area is 213 Å². The molecule has 0 amide bonds. The van der Waals surface area contributed by atoms with Crippen molar-refractivity contribution in [2.24, 2.45) is 21.7 Å². The van der Waals surface area contributed by atoms with Crippen LogP contribution in [0.2, 0.25) is 0 Å². The van der Waals surface area contributed by atoms with E-state index in [1.165, 1.54) is 5.57 Å². The molecule has 188 valence electrons. The minimum atomic E-state index is -0.240. The number of benzene rings is 1. The van der Waals surface area contributed by atoms with Crippen LogP contribution in [0.15, 0.2) is 83.2 Å². The Morgan fingerprint density at radius 3 is 2.43 bits per heavy atom. The van der Waals surface area contributed by atoms with Gasteiger partial charge in [-0.05, 0) is 79.9 Å². The van der Waals surface area contributed by atoms with Crippen molar-refractivity contribution in [3.8, 4) is 5.75 Å². The van der Waals surface area contributed by atoms with E-state index in [0.717, 1.165) is 65.8 Å². The molecule has 1 aromatic rings. The number of aliphatic imine (C=N–C) groups is 1. The first kappa shape index (κ1) is 26.8. The van der Waals surface area contributed by atoms with E-state index in [2.05, 4.69) is 103 Å². The summed E-state index contributed by atoms with van der Waals surface area (Å²) < 4.78 is 5.93. The SMILES string of the molecule is C=C(C1=NC(N2CC(C)C2)=CC[C@@]1(C)C(=C)C/C=C/C)/C(C)=C\c1ccc(OCC(C)(C)C)cc1. The zero-order chi connectivity index (χ0) is 25.8. The van der Waals surface area contributed by atoms with Gasteiger partial charge in [0.2, 0.25) is 0 Å². The summed E-state index contributed by atoms with van der Waals surface area (Å²) >= 11 is 0. The fraction of sp³-hybridized carbons (Fsp3) is 0.469. The molecule has 2 aliphatic heterocycles. The molecule has 35 heavy (non-hydrogen) atoms. The summed E-state index contributed by atoms with van der Waals surface area (Å²) in [5.41, 5.74) is 5.36. The summed E-state index contributed by atoms with van der Waals surface area (Å²) in [6, 6.07) is 8.30. The van der Waals surface area contributed by atoms with Crippen LogP contribution < -0.4 is 4.74 Å². The van der Waals surface area contributed by atoms with E-state index in [1.54, 1.807) is 0 Å². The fourth-order valence-corrected chi connectivity index (χ4v) is 4.44. The van der Waals surface area contributed by atoms with Crippen molar-refractivity contribution in [1.29, 1.82) is 0 Å². The lowest BCUT2D eigenvalue weighted by molar-refractivity contribution is 0.154. The topological polar surface area (TPSA) is 24.8 Å². The molecule has 1 fully saturated rings. The fourth-order valence-electron chi connectivity index (χ4n) is 4.44. The molecule has 1 saturated heterocycles. The van der Waals surface area contributed by atoms with Crippen LogP contribution in [0.4, 0.5) is 0 Å². The number of nitrogens with zero attached hydrogens (tertiary/aromatic N) is 2. The predicted octanol–water partition coefficient (Wildman–Crippen LogP) is 8.24. The number of hydrogen-bond acceptors (Lipinski definition) is 3. The Morgan fingerprint density at radius 2 is 1.86 bits per heavy atom. The largest absolute Gasteiger partial charge is 0.493 e. The van der Waals surface area contributed by atoms with Gasteiger partial charge in [-0.2, -0.15) is 0 Å². The van der Waals surface area contributed by atoms with E-state index in [-0.39, 0.29) is 10.8 Å². The number of allylic oxidation sites excluding steroid dienone is 6. The number of hydrogen-bond donors (Lipinski definition) is 0. The maximum Gasteiger partial charge on any atom is 0.124 e. The van der Waals surface area contributed by atoms with Gasteiger partial charge in [-0.3, -0.25) is 0 Å². The maximum atomic E-state index is 5.93. The Kier molecular flexibility index (Phi) is 8.30. The minimum absolute atomic E-state index is 0.137. The molecular weight excluding hydrogens is 428 g/mol. The van der Waals surface area contributed by atoms with Crippen LogP contribution in [0.5, 0.6) is 5.75 Å². The number of rotatable bonds is 9. The molecule has 2 heterocycles. The van der Waals surface area contributed by atoms with Crippen molar-refractivity contribution in [1.82, 2.24) is 4.90 Å². The molecule has 1 atom stereocenters. The van der Waals surface area contributed by atoms with E-state index < -0.39 is 0 Å². The third kappa shape index (κ3) is 6.66. The average Bonchev–Trinajstić information content (AvgIpc) is 2.79. The first-order valence-electron chi connectivity index (χ1n) is 12.9.